The highest BCUT2D eigenvalue weighted by Gasteiger charge is 2.74. The highest BCUT2D eigenvalue weighted by Crippen LogP contribution is 2.66. The summed E-state index contributed by atoms with van der Waals surface area (Å²) in [6.45, 7) is 12.6. The van der Waals surface area contributed by atoms with Gasteiger partial charge in [-0.3, -0.25) is 14.4 Å². The molecule has 0 radical (unpaired) electrons. The van der Waals surface area contributed by atoms with Crippen LogP contribution in [-0.2, 0) is 19.1 Å². The molecule has 8 heteroatoms. The van der Waals surface area contributed by atoms with Gasteiger partial charge in [0.1, 0.15) is 12.6 Å². The molecule has 0 aromatic heterocycles. The van der Waals surface area contributed by atoms with Crippen LogP contribution in [0, 0.1) is 11.8 Å². The molecule has 33 heavy (non-hydrogen) atoms. The van der Waals surface area contributed by atoms with E-state index in [9.17, 15) is 19.5 Å². The number of amides is 2. The van der Waals surface area contributed by atoms with Crippen molar-refractivity contribution in [2.75, 3.05) is 26.3 Å². The second kappa shape index (κ2) is 11.1. The van der Waals surface area contributed by atoms with Crippen LogP contribution in [0.4, 0.5) is 0 Å². The fraction of sp³-hybridized carbons (Fsp3) is 0.720. The van der Waals surface area contributed by atoms with E-state index >= 15 is 0 Å². The number of ether oxygens (including phenoxy) is 1. The highest BCUT2D eigenvalue weighted by atomic mass is 32.2. The Kier molecular flexibility index (Phi) is 8.67. The minimum atomic E-state index is -0.611. The third kappa shape index (κ3) is 4.61. The molecule has 2 amide bonds. The largest absolute Gasteiger partial charge is 0.461 e. The van der Waals surface area contributed by atoms with Gasteiger partial charge >= 0.3 is 5.97 Å². The van der Waals surface area contributed by atoms with Gasteiger partial charge in [-0.05, 0) is 39.0 Å². The molecule has 0 aliphatic carbocycles. The summed E-state index contributed by atoms with van der Waals surface area (Å²) in [5.41, 5.74) is 0. The second-order valence-electron chi connectivity index (χ2n) is 9.35. The zero-order valence-electron chi connectivity index (χ0n) is 19.9. The first-order chi connectivity index (χ1) is 15.9. The second-order valence-corrected chi connectivity index (χ2v) is 11.0. The monoisotopic (exact) mass is 478 g/mol. The lowest BCUT2D eigenvalue weighted by Crippen LogP contribution is -2.56. The Labute approximate surface area is 201 Å². The van der Waals surface area contributed by atoms with E-state index in [0.717, 1.165) is 25.7 Å². The molecule has 0 aromatic carbocycles. The molecule has 3 rings (SSSR count). The van der Waals surface area contributed by atoms with Crippen LogP contribution in [0.5, 0.6) is 0 Å². The first-order valence-electron chi connectivity index (χ1n) is 12.2. The number of likely N-dealkylation sites (tertiary alicyclic amines) is 1. The summed E-state index contributed by atoms with van der Waals surface area (Å²) in [6, 6.07) is -0.581. The summed E-state index contributed by atoms with van der Waals surface area (Å²) in [5, 5.41) is 9.26. The van der Waals surface area contributed by atoms with Crippen molar-refractivity contribution in [1.82, 2.24) is 9.80 Å². The number of aliphatic hydroxyl groups is 1. The Bertz CT molecular complexity index is 774. The third-order valence-corrected chi connectivity index (χ3v) is 9.26. The van der Waals surface area contributed by atoms with Crippen LogP contribution >= 0.6 is 11.8 Å². The summed E-state index contributed by atoms with van der Waals surface area (Å²) in [7, 11) is 0. The average Bonchev–Trinajstić information content (AvgIpc) is 3.43. The van der Waals surface area contributed by atoms with Gasteiger partial charge in [0.2, 0.25) is 11.8 Å². The van der Waals surface area contributed by atoms with E-state index < -0.39 is 22.6 Å². The zero-order chi connectivity index (χ0) is 24.2. The molecule has 7 nitrogen and oxygen atoms in total. The van der Waals surface area contributed by atoms with Crippen molar-refractivity contribution in [3.63, 3.8) is 0 Å². The summed E-state index contributed by atoms with van der Waals surface area (Å²) in [6.07, 6.45) is 7.79. The molecule has 1 N–H and O–H groups in total. The predicted octanol–water partition coefficient (Wildman–Crippen LogP) is 2.78. The van der Waals surface area contributed by atoms with Crippen LogP contribution in [-0.4, -0.2) is 81.1 Å². The molecular weight excluding hydrogens is 440 g/mol. The molecule has 2 bridgehead atoms. The van der Waals surface area contributed by atoms with Gasteiger partial charge in [0, 0.05) is 31.0 Å². The van der Waals surface area contributed by atoms with Crippen molar-refractivity contribution in [3.8, 4) is 0 Å². The third-order valence-electron chi connectivity index (χ3n) is 7.30. The van der Waals surface area contributed by atoms with Crippen LogP contribution in [0.15, 0.2) is 25.3 Å². The van der Waals surface area contributed by atoms with E-state index in [-0.39, 0.29) is 42.3 Å². The van der Waals surface area contributed by atoms with Crippen molar-refractivity contribution >= 4 is 29.5 Å². The van der Waals surface area contributed by atoms with Crippen LogP contribution in [0.3, 0.4) is 0 Å². The molecule has 3 fully saturated rings. The first-order valence-corrected chi connectivity index (χ1v) is 13.0. The highest BCUT2D eigenvalue weighted by molar-refractivity contribution is 8.02. The molecule has 3 saturated heterocycles. The Balaban J connectivity index is 1.98. The Hall–Kier alpha value is -1.80. The standard InChI is InChI=1S/C25H38N2O5S/c1-5-10-17(4)26(13-6-2)23(30)21-25-12-11-18(33-25)19(24(31)32-16-7-3)20(25)22(29)27(21)14-8-9-15-28/h6-7,17-21,28H,2-3,5,8-16H2,1,4H3/t17?,18-,19+,20-,21?,25?/m0/s1. The lowest BCUT2D eigenvalue weighted by atomic mass is 9.71. The Morgan fingerprint density at radius 2 is 2.12 bits per heavy atom. The van der Waals surface area contributed by atoms with E-state index in [1.807, 2.05) is 11.8 Å². The minimum Gasteiger partial charge on any atom is -0.461 e. The quantitative estimate of drug-likeness (QED) is 0.249. The fourth-order valence-corrected chi connectivity index (χ4v) is 8.13. The maximum Gasteiger partial charge on any atom is 0.311 e. The Morgan fingerprint density at radius 3 is 2.76 bits per heavy atom. The molecule has 3 heterocycles. The number of nitrogens with zero attached hydrogens (tertiary/aromatic N) is 2. The molecule has 6 atom stereocenters. The fourth-order valence-electron chi connectivity index (χ4n) is 5.93. The van der Waals surface area contributed by atoms with Gasteiger partial charge < -0.3 is 19.6 Å². The number of thioether (sulfide) groups is 1. The van der Waals surface area contributed by atoms with Crippen LogP contribution in [0.2, 0.25) is 0 Å². The van der Waals surface area contributed by atoms with Gasteiger partial charge in [-0.2, -0.15) is 0 Å². The molecule has 1 spiro atoms. The van der Waals surface area contributed by atoms with E-state index in [2.05, 4.69) is 20.1 Å². The van der Waals surface area contributed by atoms with Gasteiger partial charge in [0.15, 0.2) is 0 Å². The molecule has 3 aliphatic rings. The van der Waals surface area contributed by atoms with Gasteiger partial charge in [-0.15, -0.1) is 18.3 Å². The van der Waals surface area contributed by atoms with E-state index in [0.29, 0.717) is 25.9 Å². The summed E-state index contributed by atoms with van der Waals surface area (Å²) >= 11 is 1.65. The molecule has 0 saturated carbocycles. The van der Waals surface area contributed by atoms with Gasteiger partial charge in [-0.1, -0.05) is 32.1 Å². The molecule has 0 aromatic rings. The van der Waals surface area contributed by atoms with Gasteiger partial charge in [0.25, 0.3) is 0 Å². The Morgan fingerprint density at radius 1 is 1.36 bits per heavy atom. The number of aliphatic hydroxyl groups excluding tert-OH is 1. The van der Waals surface area contributed by atoms with Crippen LogP contribution < -0.4 is 0 Å². The number of rotatable bonds is 13. The summed E-state index contributed by atoms with van der Waals surface area (Å²) < 4.78 is 4.77. The average molecular weight is 479 g/mol. The van der Waals surface area contributed by atoms with Gasteiger partial charge in [-0.25, -0.2) is 0 Å². The SMILES string of the molecule is C=CCOC(=O)[C@@H]1[C@@H]2CCC3(S2)C(C(=O)N(CC=C)C(C)CCC)N(CCCCO)C(=O)[C@H]13. The van der Waals surface area contributed by atoms with Crippen molar-refractivity contribution in [3.05, 3.63) is 25.3 Å². The van der Waals surface area contributed by atoms with Crippen LogP contribution in [0.25, 0.3) is 0 Å². The lowest BCUT2D eigenvalue weighted by molar-refractivity contribution is -0.153. The number of carbonyl (C=O) groups excluding carboxylic acids is 3. The minimum absolute atomic E-state index is 0.00734. The first kappa shape index (κ1) is 25.8. The lowest BCUT2D eigenvalue weighted by Gasteiger charge is -2.39. The van der Waals surface area contributed by atoms with E-state index in [4.69, 9.17) is 4.74 Å². The zero-order valence-corrected chi connectivity index (χ0v) is 20.7. The summed E-state index contributed by atoms with van der Waals surface area (Å²) in [4.78, 5) is 44.4. The number of esters is 1. The molecule has 3 unspecified atom stereocenters. The maximum atomic E-state index is 14.1. The van der Waals surface area contributed by atoms with E-state index in [1.165, 1.54) is 6.08 Å². The number of hydrogen-bond acceptors (Lipinski definition) is 6. The number of carbonyl (C=O) groups is 3. The van der Waals surface area contributed by atoms with Crippen molar-refractivity contribution in [2.24, 2.45) is 11.8 Å². The number of fused-ring (bicyclic) bond motifs is 1. The molecular formula is C25H38N2O5S. The number of unbranched alkanes of at least 4 members (excludes halogenated alkanes) is 1. The van der Waals surface area contributed by atoms with Crippen molar-refractivity contribution < 1.29 is 24.2 Å². The van der Waals surface area contributed by atoms with Crippen molar-refractivity contribution in [1.29, 1.82) is 0 Å². The normalized spacial score (nSPS) is 30.8. The van der Waals surface area contributed by atoms with Gasteiger partial charge in [0.05, 0.1) is 16.6 Å². The maximum absolute atomic E-state index is 14.1. The number of hydrogen-bond donors (Lipinski definition) is 1. The summed E-state index contributed by atoms with van der Waals surface area (Å²) in [5.74, 6) is -1.62. The van der Waals surface area contributed by atoms with E-state index in [1.54, 1.807) is 22.7 Å². The topological polar surface area (TPSA) is 87.2 Å². The smallest absolute Gasteiger partial charge is 0.311 e. The molecule has 3 aliphatic heterocycles. The van der Waals surface area contributed by atoms with Crippen LogP contribution in [0.1, 0.15) is 52.4 Å². The predicted molar refractivity (Wildman–Crippen MR) is 130 cm³/mol. The van der Waals surface area contributed by atoms with Crippen molar-refractivity contribution in [2.45, 2.75) is 74.5 Å². The molecule has 184 valence electrons.